The number of hydrogen-bond acceptors (Lipinski definition) is 2. The number of ether oxygens (including phenoxy) is 1. The summed E-state index contributed by atoms with van der Waals surface area (Å²) < 4.78 is 151. The van der Waals surface area contributed by atoms with Crippen molar-refractivity contribution in [3.63, 3.8) is 0 Å². The maximum Gasteiger partial charge on any atom is 0.458 e. The Kier molecular flexibility index (Phi) is 5.02. The second-order valence-electron chi connectivity index (χ2n) is 6.39. The van der Waals surface area contributed by atoms with Gasteiger partial charge in [-0.3, -0.25) is 4.98 Å². The van der Waals surface area contributed by atoms with E-state index in [9.17, 15) is 48.3 Å². The van der Waals surface area contributed by atoms with Crippen LogP contribution in [-0.4, -0.2) is 29.1 Å². The van der Waals surface area contributed by atoms with Crippen LogP contribution in [0.5, 0.6) is 5.75 Å². The molecule has 1 aliphatic heterocycles. The van der Waals surface area contributed by atoms with Crippen molar-refractivity contribution >= 4 is 5.57 Å². The van der Waals surface area contributed by atoms with Gasteiger partial charge in [-0.25, -0.2) is 0 Å². The SMILES string of the molecule is FC(F)(F)C(F)(F)c1ccc2c(c1)C(c1ccccn1)=CC(C(F)(F)F)(C(F)(F)F)O2. The van der Waals surface area contributed by atoms with Crippen LogP contribution < -0.4 is 4.74 Å². The first-order chi connectivity index (χ1) is 14.0. The van der Waals surface area contributed by atoms with Gasteiger partial charge in [-0.1, -0.05) is 6.07 Å². The number of nitrogens with zero attached hydrogens (tertiary/aromatic N) is 1. The average Bonchev–Trinajstić information content (AvgIpc) is 2.64. The standard InChI is InChI=1S/C18H8F11NO/c19-15(20,18(27,28)29)9-4-5-13-10(7-9)11(12-3-1-2-6-30-12)8-14(31-13,16(21,22)23)17(24,25)26/h1-8H. The van der Waals surface area contributed by atoms with Gasteiger partial charge in [0.25, 0.3) is 0 Å². The number of benzene rings is 1. The van der Waals surface area contributed by atoms with Crippen molar-refractivity contribution in [3.8, 4) is 5.75 Å². The van der Waals surface area contributed by atoms with Gasteiger partial charge in [-0.05, 0) is 36.4 Å². The first kappa shape index (κ1) is 22.8. The van der Waals surface area contributed by atoms with Gasteiger partial charge in [0.1, 0.15) is 5.75 Å². The fourth-order valence-corrected chi connectivity index (χ4v) is 2.85. The van der Waals surface area contributed by atoms with E-state index in [0.29, 0.717) is 0 Å². The number of halogens is 11. The number of aromatic nitrogens is 1. The fraction of sp³-hybridized carbons (Fsp3) is 0.278. The second kappa shape index (κ2) is 6.82. The van der Waals surface area contributed by atoms with Gasteiger partial charge >= 0.3 is 30.1 Å². The van der Waals surface area contributed by atoms with E-state index in [1.165, 1.54) is 12.1 Å². The quantitative estimate of drug-likeness (QED) is 0.480. The van der Waals surface area contributed by atoms with Crippen LogP contribution >= 0.6 is 0 Å². The third-order valence-electron chi connectivity index (χ3n) is 4.39. The highest BCUT2D eigenvalue weighted by molar-refractivity contribution is 5.84. The highest BCUT2D eigenvalue weighted by Crippen LogP contribution is 2.54. The van der Waals surface area contributed by atoms with Crippen molar-refractivity contribution < 1.29 is 53.0 Å². The first-order valence-corrected chi connectivity index (χ1v) is 8.07. The number of rotatable bonds is 2. The molecular formula is C18H8F11NO. The Bertz CT molecular complexity index is 990. The fourth-order valence-electron chi connectivity index (χ4n) is 2.85. The van der Waals surface area contributed by atoms with E-state index in [-0.39, 0.29) is 18.2 Å². The summed E-state index contributed by atoms with van der Waals surface area (Å²) in [6, 6.07) is 3.78. The smallest absolute Gasteiger partial charge is 0.458 e. The normalized spacial score (nSPS) is 16.9. The van der Waals surface area contributed by atoms with Gasteiger partial charge in [0.15, 0.2) is 0 Å². The Balaban J connectivity index is 2.33. The topological polar surface area (TPSA) is 22.1 Å². The lowest BCUT2D eigenvalue weighted by atomic mass is 9.88. The van der Waals surface area contributed by atoms with E-state index in [1.54, 1.807) is 0 Å². The molecule has 3 rings (SSSR count). The van der Waals surface area contributed by atoms with Crippen LogP contribution in [0.2, 0.25) is 0 Å². The molecule has 0 N–H and O–H groups in total. The van der Waals surface area contributed by atoms with E-state index >= 15 is 0 Å². The van der Waals surface area contributed by atoms with E-state index in [1.807, 2.05) is 0 Å². The van der Waals surface area contributed by atoms with Gasteiger partial charge in [0.05, 0.1) is 5.69 Å². The van der Waals surface area contributed by atoms with E-state index in [2.05, 4.69) is 9.72 Å². The van der Waals surface area contributed by atoms with E-state index in [0.717, 1.165) is 12.3 Å². The molecule has 31 heavy (non-hydrogen) atoms. The maximum absolute atomic E-state index is 13.7. The van der Waals surface area contributed by atoms with Crippen LogP contribution in [0.15, 0.2) is 48.7 Å². The van der Waals surface area contributed by atoms with Crippen molar-refractivity contribution in [1.29, 1.82) is 0 Å². The maximum atomic E-state index is 13.7. The summed E-state index contributed by atoms with van der Waals surface area (Å²) in [5, 5.41) is 0. The lowest BCUT2D eigenvalue weighted by molar-refractivity contribution is -0.338. The number of pyridine rings is 1. The summed E-state index contributed by atoms with van der Waals surface area (Å²) in [6.07, 6.45) is -17.6. The molecule has 2 aromatic rings. The molecule has 0 fully saturated rings. The Morgan fingerprint density at radius 1 is 0.774 bits per heavy atom. The molecule has 0 bridgehead atoms. The minimum absolute atomic E-state index is 0.0468. The minimum atomic E-state index is -6.06. The summed E-state index contributed by atoms with van der Waals surface area (Å²) in [4.78, 5) is 3.60. The second-order valence-corrected chi connectivity index (χ2v) is 6.39. The molecule has 168 valence electrons. The third kappa shape index (κ3) is 3.59. The molecule has 1 aliphatic rings. The summed E-state index contributed by atoms with van der Waals surface area (Å²) in [5.74, 6) is -6.63. The molecule has 0 saturated heterocycles. The van der Waals surface area contributed by atoms with Gasteiger partial charge in [0.2, 0.25) is 0 Å². The highest BCUT2D eigenvalue weighted by atomic mass is 19.4. The predicted molar refractivity (Wildman–Crippen MR) is 83.2 cm³/mol. The van der Waals surface area contributed by atoms with Crippen molar-refractivity contribution in [2.24, 2.45) is 0 Å². The van der Waals surface area contributed by atoms with E-state index in [4.69, 9.17) is 0 Å². The van der Waals surface area contributed by atoms with Crippen molar-refractivity contribution in [2.75, 3.05) is 0 Å². The molecule has 0 amide bonds. The van der Waals surface area contributed by atoms with Crippen LogP contribution in [0.4, 0.5) is 48.3 Å². The highest BCUT2D eigenvalue weighted by Gasteiger charge is 2.73. The summed E-state index contributed by atoms with van der Waals surface area (Å²) in [5.41, 5.74) is -8.93. The molecular weight excluding hydrogens is 455 g/mol. The zero-order valence-electron chi connectivity index (χ0n) is 14.6. The van der Waals surface area contributed by atoms with Gasteiger partial charge in [0, 0.05) is 22.9 Å². The summed E-state index contributed by atoms with van der Waals surface area (Å²) in [7, 11) is 0. The molecule has 0 unspecified atom stereocenters. The molecule has 1 aromatic carbocycles. The molecule has 1 aromatic heterocycles. The van der Waals surface area contributed by atoms with E-state index < -0.39 is 64.3 Å². The van der Waals surface area contributed by atoms with Crippen molar-refractivity contribution in [2.45, 2.75) is 30.1 Å². The van der Waals surface area contributed by atoms with Crippen LogP contribution in [-0.2, 0) is 5.92 Å². The van der Waals surface area contributed by atoms with Gasteiger partial charge in [-0.2, -0.15) is 48.3 Å². The summed E-state index contributed by atoms with van der Waals surface area (Å²) in [6.45, 7) is 0. The Hall–Kier alpha value is -2.86. The predicted octanol–water partition coefficient (Wildman–Crippen LogP) is 6.42. The number of alkyl halides is 11. The Morgan fingerprint density at radius 3 is 1.87 bits per heavy atom. The van der Waals surface area contributed by atoms with Gasteiger partial charge in [-0.15, -0.1) is 0 Å². The molecule has 0 aliphatic carbocycles. The molecule has 0 atom stereocenters. The zero-order chi connectivity index (χ0) is 23.5. The minimum Gasteiger partial charge on any atom is -0.464 e. The molecule has 13 heteroatoms. The van der Waals surface area contributed by atoms with Crippen LogP contribution in [0.25, 0.3) is 5.57 Å². The first-order valence-electron chi connectivity index (χ1n) is 8.07. The van der Waals surface area contributed by atoms with Crippen molar-refractivity contribution in [1.82, 2.24) is 4.98 Å². The monoisotopic (exact) mass is 463 g/mol. The number of hydrogen-bond donors (Lipinski definition) is 0. The van der Waals surface area contributed by atoms with Crippen molar-refractivity contribution in [3.05, 3.63) is 65.5 Å². The van der Waals surface area contributed by atoms with Crippen LogP contribution in [0, 0.1) is 0 Å². The molecule has 2 nitrogen and oxygen atoms in total. The molecule has 2 heterocycles. The lowest BCUT2D eigenvalue weighted by Crippen LogP contribution is -2.60. The zero-order valence-corrected chi connectivity index (χ0v) is 14.6. The largest absolute Gasteiger partial charge is 0.464 e. The van der Waals surface area contributed by atoms with Gasteiger partial charge < -0.3 is 4.74 Å². The molecule has 0 saturated carbocycles. The number of fused-ring (bicyclic) bond motifs is 1. The van der Waals surface area contributed by atoms with Crippen LogP contribution in [0.3, 0.4) is 0 Å². The Labute approximate surface area is 166 Å². The summed E-state index contributed by atoms with van der Waals surface area (Å²) >= 11 is 0. The Morgan fingerprint density at radius 2 is 1.39 bits per heavy atom. The molecule has 0 spiro atoms. The molecule has 0 radical (unpaired) electrons. The average molecular weight is 463 g/mol. The lowest BCUT2D eigenvalue weighted by Gasteiger charge is -2.39. The van der Waals surface area contributed by atoms with Crippen LogP contribution in [0.1, 0.15) is 16.8 Å². The third-order valence-corrected chi connectivity index (χ3v) is 4.39.